The molecule has 4 nitrogen and oxygen atoms in total. The summed E-state index contributed by atoms with van der Waals surface area (Å²) in [5, 5.41) is 4.42. The highest BCUT2D eigenvalue weighted by Crippen LogP contribution is 2.46. The number of hydrogen-bond acceptors (Lipinski definition) is 4. The molecule has 0 saturated heterocycles. The molecule has 4 heteroatoms. The van der Waals surface area contributed by atoms with Crippen molar-refractivity contribution in [1.29, 1.82) is 0 Å². The van der Waals surface area contributed by atoms with Crippen LogP contribution in [0, 0.1) is 0 Å². The van der Waals surface area contributed by atoms with Crippen LogP contribution in [0.4, 0.5) is 17.1 Å². The Morgan fingerprint density at radius 2 is 1.02 bits per heavy atom. The van der Waals surface area contributed by atoms with Crippen molar-refractivity contribution in [3.8, 4) is 44.8 Å². The number of oxazole rings is 1. The third-order valence-electron chi connectivity index (χ3n) is 10.9. The van der Waals surface area contributed by atoms with Gasteiger partial charge in [0.15, 0.2) is 11.2 Å². The SMILES string of the molecule is c1ccc(-c2ccc(N(c3ccc(-c4ccccc4)c(-c4ccc5ccccc5c4)c3)c3cccc4c3oc3cc5oc(-c6ccccc6)nc5cc34)cc2)cc1. The molecular weight excluding hydrogens is 697 g/mol. The number of para-hydroxylation sites is 1. The van der Waals surface area contributed by atoms with E-state index in [9.17, 15) is 0 Å². The lowest BCUT2D eigenvalue weighted by Crippen LogP contribution is -2.10. The van der Waals surface area contributed by atoms with E-state index in [1.165, 1.54) is 27.5 Å². The highest BCUT2D eigenvalue weighted by Gasteiger charge is 2.22. The van der Waals surface area contributed by atoms with E-state index >= 15 is 0 Å². The second-order valence-electron chi connectivity index (χ2n) is 14.4. The molecule has 0 unspecified atom stereocenters. The van der Waals surface area contributed by atoms with Crippen LogP contribution in [0.5, 0.6) is 0 Å². The molecule has 2 heterocycles. The van der Waals surface area contributed by atoms with Crippen molar-refractivity contribution in [2.45, 2.75) is 0 Å². The Labute approximate surface area is 329 Å². The molecule has 0 aliphatic rings. The van der Waals surface area contributed by atoms with Crippen molar-refractivity contribution in [2.75, 3.05) is 4.90 Å². The van der Waals surface area contributed by atoms with Crippen LogP contribution in [-0.2, 0) is 0 Å². The molecule has 0 N–H and O–H groups in total. The van der Waals surface area contributed by atoms with Gasteiger partial charge in [0, 0.05) is 33.8 Å². The first-order valence-corrected chi connectivity index (χ1v) is 19.2. The van der Waals surface area contributed by atoms with Gasteiger partial charge >= 0.3 is 0 Å². The van der Waals surface area contributed by atoms with Crippen LogP contribution in [0.2, 0.25) is 0 Å². The molecule has 268 valence electrons. The van der Waals surface area contributed by atoms with Gasteiger partial charge in [-0.25, -0.2) is 4.98 Å². The van der Waals surface area contributed by atoms with Gasteiger partial charge in [-0.3, -0.25) is 0 Å². The first-order chi connectivity index (χ1) is 28.2. The van der Waals surface area contributed by atoms with Crippen molar-refractivity contribution < 1.29 is 8.83 Å². The molecule has 9 aromatic carbocycles. The molecule has 0 saturated carbocycles. The summed E-state index contributed by atoms with van der Waals surface area (Å²) in [7, 11) is 0. The van der Waals surface area contributed by atoms with Crippen molar-refractivity contribution in [3.63, 3.8) is 0 Å². The van der Waals surface area contributed by atoms with E-state index in [4.69, 9.17) is 13.8 Å². The molecule has 11 rings (SSSR count). The fraction of sp³-hybridized carbons (Fsp3) is 0. The summed E-state index contributed by atoms with van der Waals surface area (Å²) in [5.74, 6) is 0.592. The first-order valence-electron chi connectivity index (χ1n) is 19.2. The zero-order valence-electron chi connectivity index (χ0n) is 30.8. The number of nitrogens with zero attached hydrogens (tertiary/aromatic N) is 2. The second-order valence-corrected chi connectivity index (χ2v) is 14.4. The molecule has 0 aliphatic heterocycles. The van der Waals surface area contributed by atoms with Gasteiger partial charge in [0.05, 0.1) is 5.69 Å². The Balaban J connectivity index is 1.12. The normalized spacial score (nSPS) is 11.5. The van der Waals surface area contributed by atoms with E-state index in [2.05, 4.69) is 175 Å². The van der Waals surface area contributed by atoms with Crippen LogP contribution in [0.3, 0.4) is 0 Å². The average molecular weight is 731 g/mol. The molecule has 57 heavy (non-hydrogen) atoms. The minimum atomic E-state index is 0.592. The Morgan fingerprint density at radius 3 is 1.79 bits per heavy atom. The van der Waals surface area contributed by atoms with E-state index in [0.717, 1.165) is 66.8 Å². The number of fused-ring (bicyclic) bond motifs is 5. The summed E-state index contributed by atoms with van der Waals surface area (Å²) in [5.41, 5.74) is 13.9. The van der Waals surface area contributed by atoms with Crippen molar-refractivity contribution in [3.05, 3.63) is 206 Å². The largest absolute Gasteiger partial charge is 0.454 e. The van der Waals surface area contributed by atoms with Gasteiger partial charge in [0.1, 0.15) is 11.1 Å². The molecule has 11 aromatic rings. The number of aromatic nitrogens is 1. The van der Waals surface area contributed by atoms with Gasteiger partial charge in [-0.15, -0.1) is 0 Å². The Bertz CT molecular complexity index is 3220. The lowest BCUT2D eigenvalue weighted by Gasteiger charge is -2.27. The average Bonchev–Trinajstić information content (AvgIpc) is 3.88. The summed E-state index contributed by atoms with van der Waals surface area (Å²) in [6, 6.07) is 72.5. The summed E-state index contributed by atoms with van der Waals surface area (Å²) in [6.45, 7) is 0. The smallest absolute Gasteiger partial charge is 0.227 e. The van der Waals surface area contributed by atoms with E-state index < -0.39 is 0 Å². The monoisotopic (exact) mass is 730 g/mol. The van der Waals surface area contributed by atoms with Crippen LogP contribution in [0.25, 0.3) is 88.6 Å². The summed E-state index contributed by atoms with van der Waals surface area (Å²) in [6.07, 6.45) is 0. The highest BCUT2D eigenvalue weighted by molar-refractivity contribution is 6.13. The minimum absolute atomic E-state index is 0.592. The first kappa shape index (κ1) is 32.7. The third-order valence-corrected chi connectivity index (χ3v) is 10.9. The molecule has 0 radical (unpaired) electrons. The Hall–Kier alpha value is -7.69. The highest BCUT2D eigenvalue weighted by atomic mass is 16.4. The molecular formula is C53H34N2O2. The maximum Gasteiger partial charge on any atom is 0.227 e. The summed E-state index contributed by atoms with van der Waals surface area (Å²) in [4.78, 5) is 7.19. The fourth-order valence-corrected chi connectivity index (χ4v) is 8.08. The topological polar surface area (TPSA) is 42.4 Å². The number of anilines is 3. The Kier molecular flexibility index (Phi) is 7.78. The molecule has 0 fully saturated rings. The molecule has 0 amide bonds. The van der Waals surface area contributed by atoms with E-state index in [1.807, 2.05) is 36.4 Å². The van der Waals surface area contributed by atoms with Gasteiger partial charge in [0.2, 0.25) is 5.89 Å². The van der Waals surface area contributed by atoms with E-state index in [0.29, 0.717) is 11.5 Å². The summed E-state index contributed by atoms with van der Waals surface area (Å²) < 4.78 is 13.1. The van der Waals surface area contributed by atoms with Crippen molar-refractivity contribution >= 4 is 60.9 Å². The minimum Gasteiger partial charge on any atom is -0.454 e. The lowest BCUT2D eigenvalue weighted by molar-refractivity contribution is 0.617. The van der Waals surface area contributed by atoms with Crippen LogP contribution < -0.4 is 4.90 Å². The van der Waals surface area contributed by atoms with Gasteiger partial charge < -0.3 is 13.7 Å². The molecule has 0 atom stereocenters. The zero-order chi connectivity index (χ0) is 37.7. The van der Waals surface area contributed by atoms with Crippen LogP contribution in [0.1, 0.15) is 0 Å². The maximum atomic E-state index is 6.85. The number of furan rings is 1. The predicted octanol–water partition coefficient (Wildman–Crippen LogP) is 15.0. The maximum absolute atomic E-state index is 6.85. The van der Waals surface area contributed by atoms with Crippen molar-refractivity contribution in [1.82, 2.24) is 4.98 Å². The van der Waals surface area contributed by atoms with Gasteiger partial charge in [-0.2, -0.15) is 0 Å². The molecule has 0 aliphatic carbocycles. The van der Waals surface area contributed by atoms with Crippen LogP contribution in [0.15, 0.2) is 215 Å². The number of hydrogen-bond donors (Lipinski definition) is 0. The van der Waals surface area contributed by atoms with Gasteiger partial charge in [0.25, 0.3) is 0 Å². The number of benzene rings is 9. The van der Waals surface area contributed by atoms with Crippen molar-refractivity contribution in [2.24, 2.45) is 0 Å². The van der Waals surface area contributed by atoms with Gasteiger partial charge in [-0.1, -0.05) is 146 Å². The predicted molar refractivity (Wildman–Crippen MR) is 235 cm³/mol. The van der Waals surface area contributed by atoms with Crippen LogP contribution >= 0.6 is 0 Å². The number of rotatable bonds is 7. The van der Waals surface area contributed by atoms with E-state index in [-0.39, 0.29) is 0 Å². The molecule has 0 bridgehead atoms. The Morgan fingerprint density at radius 1 is 0.368 bits per heavy atom. The second kappa shape index (κ2) is 13.6. The molecule has 2 aromatic heterocycles. The lowest BCUT2D eigenvalue weighted by atomic mass is 9.92. The quantitative estimate of drug-likeness (QED) is 0.164. The zero-order valence-corrected chi connectivity index (χ0v) is 30.8. The molecule has 0 spiro atoms. The standard InChI is InChI=1S/C53H34N2O2/c1-4-13-35(14-5-1)37-25-27-42(28-26-37)55(43-29-30-44(38-16-6-2-7-17-38)46(32-43)41-24-23-36-15-10-11-20-40(36)31-41)49-22-12-21-45-47-33-48-51(34-50(47)56-52(45)49)57-53(54-48)39-18-8-3-9-19-39/h1-34H. The van der Waals surface area contributed by atoms with Crippen LogP contribution in [-0.4, -0.2) is 4.98 Å². The summed E-state index contributed by atoms with van der Waals surface area (Å²) >= 11 is 0. The fourth-order valence-electron chi connectivity index (χ4n) is 8.08. The van der Waals surface area contributed by atoms with E-state index in [1.54, 1.807) is 0 Å². The third kappa shape index (κ3) is 5.83. The van der Waals surface area contributed by atoms with Gasteiger partial charge in [-0.05, 0) is 98.8 Å².